The molecule has 1 N–H and O–H groups in total. The molecule has 3 aromatic carbocycles. The van der Waals surface area contributed by atoms with Crippen molar-refractivity contribution < 1.29 is 14.3 Å². The second kappa shape index (κ2) is 11.0. The third kappa shape index (κ3) is 5.84. The average molecular weight is 457 g/mol. The van der Waals surface area contributed by atoms with E-state index in [4.69, 9.17) is 4.74 Å². The maximum atomic E-state index is 12.9. The Hall–Kier alpha value is -3.60. The lowest BCUT2D eigenvalue weighted by Gasteiger charge is -2.30. The normalized spacial score (nSPS) is 14.9. The quantitative estimate of drug-likeness (QED) is 0.473. The number of carbonyl (C=O) groups excluding carboxylic acids is 2. The van der Waals surface area contributed by atoms with Gasteiger partial charge in [-0.2, -0.15) is 0 Å². The van der Waals surface area contributed by atoms with Gasteiger partial charge in [0.05, 0.1) is 0 Å². The van der Waals surface area contributed by atoms with Gasteiger partial charge in [0.2, 0.25) is 0 Å². The van der Waals surface area contributed by atoms with Gasteiger partial charge in [-0.3, -0.25) is 9.59 Å². The Bertz CT molecular complexity index is 1100. The number of ether oxygens (including phenoxy) is 1. The Labute approximate surface area is 201 Å². The van der Waals surface area contributed by atoms with Gasteiger partial charge in [-0.25, -0.2) is 0 Å². The molecule has 3 aromatic rings. The van der Waals surface area contributed by atoms with Crippen molar-refractivity contribution in [1.82, 2.24) is 4.90 Å². The highest BCUT2D eigenvalue weighted by Gasteiger charge is 2.23. The van der Waals surface area contributed by atoms with Gasteiger partial charge in [-0.15, -0.1) is 0 Å². The van der Waals surface area contributed by atoms with E-state index in [2.05, 4.69) is 24.4 Å². The summed E-state index contributed by atoms with van der Waals surface area (Å²) in [5.41, 5.74) is 3.42. The Morgan fingerprint density at radius 3 is 2.29 bits per heavy atom. The van der Waals surface area contributed by atoms with Gasteiger partial charge < -0.3 is 15.0 Å². The van der Waals surface area contributed by atoms with Gasteiger partial charge in [-0.1, -0.05) is 62.4 Å². The van der Waals surface area contributed by atoms with Crippen LogP contribution in [0, 0.1) is 5.92 Å². The Morgan fingerprint density at radius 2 is 1.62 bits per heavy atom. The number of hydrogen-bond acceptors (Lipinski definition) is 3. The maximum Gasteiger partial charge on any atom is 0.265 e. The van der Waals surface area contributed by atoms with Crippen LogP contribution < -0.4 is 10.1 Å². The smallest absolute Gasteiger partial charge is 0.265 e. The first-order valence-electron chi connectivity index (χ1n) is 12.1. The van der Waals surface area contributed by atoms with E-state index in [0.29, 0.717) is 29.3 Å². The van der Waals surface area contributed by atoms with E-state index >= 15 is 0 Å². The fourth-order valence-electron chi connectivity index (χ4n) is 4.19. The molecular weight excluding hydrogens is 424 g/mol. The van der Waals surface area contributed by atoms with Gasteiger partial charge in [0, 0.05) is 24.3 Å². The van der Waals surface area contributed by atoms with E-state index in [9.17, 15) is 9.59 Å². The summed E-state index contributed by atoms with van der Waals surface area (Å²) in [7, 11) is 0. The predicted octanol–water partition coefficient (Wildman–Crippen LogP) is 6.02. The molecule has 0 bridgehead atoms. The van der Waals surface area contributed by atoms with Gasteiger partial charge in [0.15, 0.2) is 6.10 Å². The summed E-state index contributed by atoms with van der Waals surface area (Å²) < 4.78 is 5.98. The van der Waals surface area contributed by atoms with Crippen molar-refractivity contribution >= 4 is 17.5 Å². The zero-order chi connectivity index (χ0) is 23.9. The first-order chi connectivity index (χ1) is 16.5. The monoisotopic (exact) mass is 456 g/mol. The molecule has 0 aromatic heterocycles. The van der Waals surface area contributed by atoms with Gasteiger partial charge >= 0.3 is 0 Å². The molecule has 1 fully saturated rings. The van der Waals surface area contributed by atoms with Crippen molar-refractivity contribution in [3.63, 3.8) is 0 Å². The summed E-state index contributed by atoms with van der Waals surface area (Å²) in [5, 5.41) is 2.92. The molecule has 5 heteroatoms. The molecule has 1 unspecified atom stereocenters. The van der Waals surface area contributed by atoms with E-state index in [1.54, 1.807) is 24.3 Å². The highest BCUT2D eigenvalue weighted by Crippen LogP contribution is 2.24. The third-order valence-corrected chi connectivity index (χ3v) is 6.35. The molecule has 1 heterocycles. The lowest BCUT2D eigenvalue weighted by molar-refractivity contribution is -0.122. The lowest BCUT2D eigenvalue weighted by atomic mass is 9.98. The van der Waals surface area contributed by atoms with Crippen LogP contribution >= 0.6 is 0 Å². The van der Waals surface area contributed by atoms with Gasteiger partial charge in [-0.05, 0) is 66.6 Å². The summed E-state index contributed by atoms with van der Waals surface area (Å²) in [6.07, 6.45) is 1.95. The third-order valence-electron chi connectivity index (χ3n) is 6.35. The fourth-order valence-corrected chi connectivity index (χ4v) is 4.19. The van der Waals surface area contributed by atoms with Crippen LogP contribution in [0.3, 0.4) is 0 Å². The van der Waals surface area contributed by atoms with E-state index in [0.717, 1.165) is 37.1 Å². The van der Waals surface area contributed by atoms with Gasteiger partial charge in [0.25, 0.3) is 11.8 Å². The number of nitrogens with zero attached hydrogens (tertiary/aromatic N) is 1. The number of amides is 2. The first-order valence-corrected chi connectivity index (χ1v) is 12.1. The number of carbonyl (C=O) groups is 2. The first kappa shape index (κ1) is 23.6. The molecule has 0 radical (unpaired) electrons. The number of nitrogens with one attached hydrogen (secondary N) is 1. The van der Waals surface area contributed by atoms with Crippen LogP contribution in [0.5, 0.6) is 5.75 Å². The molecule has 0 spiro atoms. The number of piperidine rings is 1. The molecule has 0 aliphatic carbocycles. The van der Waals surface area contributed by atoms with Crippen molar-refractivity contribution in [2.75, 3.05) is 18.4 Å². The highest BCUT2D eigenvalue weighted by molar-refractivity contribution is 5.98. The number of rotatable bonds is 7. The summed E-state index contributed by atoms with van der Waals surface area (Å²) in [4.78, 5) is 27.7. The molecule has 4 rings (SSSR count). The number of hydrogen-bond donors (Lipinski definition) is 1. The minimum atomic E-state index is -0.634. The van der Waals surface area contributed by atoms with Crippen LogP contribution in [-0.2, 0) is 4.79 Å². The summed E-state index contributed by atoms with van der Waals surface area (Å²) in [5.74, 6) is 1.09. The Balaban J connectivity index is 1.38. The molecule has 2 amide bonds. The molecule has 1 aliphatic heterocycles. The summed E-state index contributed by atoms with van der Waals surface area (Å²) >= 11 is 0. The predicted molar refractivity (Wildman–Crippen MR) is 136 cm³/mol. The maximum absolute atomic E-state index is 12.9. The number of likely N-dealkylation sites (tertiary alicyclic amines) is 1. The topological polar surface area (TPSA) is 58.6 Å². The lowest BCUT2D eigenvalue weighted by Crippen LogP contribution is -2.38. The van der Waals surface area contributed by atoms with E-state index in [-0.39, 0.29) is 11.8 Å². The molecule has 1 saturated heterocycles. The van der Waals surface area contributed by atoms with E-state index < -0.39 is 6.10 Å². The van der Waals surface area contributed by atoms with Crippen LogP contribution in [0.1, 0.15) is 43.5 Å². The Kier molecular flexibility index (Phi) is 7.63. The molecule has 5 nitrogen and oxygen atoms in total. The number of anilines is 1. The molecule has 1 aliphatic rings. The van der Waals surface area contributed by atoms with Crippen LogP contribution in [-0.4, -0.2) is 35.9 Å². The molecule has 34 heavy (non-hydrogen) atoms. The second-order valence-corrected chi connectivity index (χ2v) is 8.95. The van der Waals surface area contributed by atoms with Crippen LogP contribution in [0.4, 0.5) is 5.69 Å². The minimum Gasteiger partial charge on any atom is -0.481 e. The largest absolute Gasteiger partial charge is 0.481 e. The van der Waals surface area contributed by atoms with Crippen LogP contribution in [0.25, 0.3) is 11.1 Å². The molecular formula is C29H32N2O3. The molecule has 0 saturated carbocycles. The second-order valence-electron chi connectivity index (χ2n) is 8.95. The average Bonchev–Trinajstić information content (AvgIpc) is 2.88. The Morgan fingerprint density at radius 1 is 0.941 bits per heavy atom. The minimum absolute atomic E-state index is 0.0183. The van der Waals surface area contributed by atoms with Gasteiger partial charge in [0.1, 0.15) is 5.75 Å². The summed E-state index contributed by atoms with van der Waals surface area (Å²) in [6.45, 7) is 5.71. The van der Waals surface area contributed by atoms with E-state index in [1.807, 2.05) is 54.3 Å². The zero-order valence-corrected chi connectivity index (χ0v) is 19.9. The van der Waals surface area contributed by atoms with Crippen molar-refractivity contribution in [2.24, 2.45) is 5.92 Å². The standard InChI is InChI=1S/C29H32N2O3/c1-3-27(34-26-14-12-23(13-15-26)22-8-5-4-6-9-22)28(32)30-25-11-7-10-24(20-25)29(33)31-18-16-21(2)17-19-31/h4-15,20-21,27H,3,16-19H2,1-2H3,(H,30,32). The van der Waals surface area contributed by atoms with Crippen molar-refractivity contribution in [1.29, 1.82) is 0 Å². The zero-order valence-electron chi connectivity index (χ0n) is 19.9. The van der Waals surface area contributed by atoms with Crippen molar-refractivity contribution in [3.8, 4) is 16.9 Å². The van der Waals surface area contributed by atoms with Crippen molar-refractivity contribution in [3.05, 3.63) is 84.4 Å². The number of benzene rings is 3. The SMILES string of the molecule is CCC(Oc1ccc(-c2ccccc2)cc1)C(=O)Nc1cccc(C(=O)N2CCC(C)CC2)c1. The van der Waals surface area contributed by atoms with Crippen LogP contribution in [0.2, 0.25) is 0 Å². The fraction of sp³-hybridized carbons (Fsp3) is 0.310. The van der Waals surface area contributed by atoms with Crippen LogP contribution in [0.15, 0.2) is 78.9 Å². The highest BCUT2D eigenvalue weighted by atomic mass is 16.5. The van der Waals surface area contributed by atoms with E-state index in [1.165, 1.54) is 0 Å². The molecule has 1 atom stereocenters. The van der Waals surface area contributed by atoms with Crippen molar-refractivity contribution in [2.45, 2.75) is 39.2 Å². The summed E-state index contributed by atoms with van der Waals surface area (Å²) in [6, 6.07) is 25.0. The molecule has 176 valence electrons.